The minimum atomic E-state index is -1.02. The van der Waals surface area contributed by atoms with Crippen molar-refractivity contribution >= 4 is 10.0 Å². The van der Waals surface area contributed by atoms with Crippen LogP contribution in [-0.4, -0.2) is 12.0 Å². The number of hydrogen-bond donors (Lipinski definition) is 0. The lowest BCUT2D eigenvalue weighted by Crippen LogP contribution is -2.08. The summed E-state index contributed by atoms with van der Waals surface area (Å²) in [6.07, 6.45) is 3.58. The smallest absolute Gasteiger partial charge is 0.00616 e. The summed E-state index contributed by atoms with van der Waals surface area (Å²) in [5, 5.41) is 0. The molecule has 0 spiro atoms. The summed E-state index contributed by atoms with van der Waals surface area (Å²) >= 11 is 0. The Morgan fingerprint density at radius 1 is 0.667 bits per heavy atom. The Bertz CT molecular complexity index is 731. The van der Waals surface area contributed by atoms with Gasteiger partial charge in [-0.15, -0.1) is 0 Å². The topological polar surface area (TPSA) is 0 Å². The van der Waals surface area contributed by atoms with Crippen molar-refractivity contribution in [1.82, 2.24) is 0 Å². The number of aryl methyl sites for hydroxylation is 3. The molecule has 0 saturated carbocycles. The average Bonchev–Trinajstić information content (AvgIpc) is 2.60. The molecular formula is C23H26S. The molecule has 3 aromatic carbocycles. The molecule has 0 aliphatic heterocycles. The van der Waals surface area contributed by atoms with Crippen LogP contribution >= 0.6 is 10.0 Å². The zero-order chi connectivity index (χ0) is 17.0. The van der Waals surface area contributed by atoms with Crippen LogP contribution in [0.5, 0.6) is 0 Å². The first-order valence-corrected chi connectivity index (χ1v) is 10.7. The van der Waals surface area contributed by atoms with Gasteiger partial charge in [-0.2, -0.15) is 10.0 Å². The zero-order valence-corrected chi connectivity index (χ0v) is 15.6. The zero-order valence-electron chi connectivity index (χ0n) is 14.8. The molecule has 0 unspecified atom stereocenters. The van der Waals surface area contributed by atoms with Gasteiger partial charge in [-0.1, -0.05) is 65.7 Å². The second-order valence-electron chi connectivity index (χ2n) is 6.66. The molecule has 0 radical (unpaired) electrons. The van der Waals surface area contributed by atoms with Crippen LogP contribution < -0.4 is 0 Å². The van der Waals surface area contributed by atoms with E-state index in [9.17, 15) is 0 Å². The van der Waals surface area contributed by atoms with Gasteiger partial charge < -0.3 is 0 Å². The van der Waals surface area contributed by atoms with Gasteiger partial charge in [-0.3, -0.25) is 0 Å². The summed E-state index contributed by atoms with van der Waals surface area (Å²) < 4.78 is 0. The Labute approximate surface area is 147 Å². The third kappa shape index (κ3) is 3.73. The van der Waals surface area contributed by atoms with E-state index in [2.05, 4.69) is 99.0 Å². The maximum Gasteiger partial charge on any atom is -0.00616 e. The fraction of sp³-hybridized carbons (Fsp3) is 0.217. The maximum absolute atomic E-state index is 2.46. The lowest BCUT2D eigenvalue weighted by atomic mass is 10.1. The normalized spacial score (nSPS) is 12.1. The Morgan fingerprint density at radius 2 is 1.12 bits per heavy atom. The Hall–Kier alpha value is -1.99. The van der Waals surface area contributed by atoms with E-state index in [0.29, 0.717) is 0 Å². The number of hydrogen-bond acceptors (Lipinski definition) is 0. The average molecular weight is 335 g/mol. The molecule has 0 saturated heterocycles. The van der Waals surface area contributed by atoms with Crippen LogP contribution in [0.1, 0.15) is 16.7 Å². The molecule has 3 aromatic rings. The van der Waals surface area contributed by atoms with E-state index >= 15 is 0 Å². The summed E-state index contributed by atoms with van der Waals surface area (Å²) in [5.41, 5.74) is 4.18. The molecule has 3 rings (SSSR count). The van der Waals surface area contributed by atoms with E-state index in [-0.39, 0.29) is 0 Å². The fourth-order valence-electron chi connectivity index (χ4n) is 3.35. The Morgan fingerprint density at radius 3 is 1.58 bits per heavy atom. The van der Waals surface area contributed by atoms with Crippen LogP contribution in [0.2, 0.25) is 0 Å². The maximum atomic E-state index is 2.46. The lowest BCUT2D eigenvalue weighted by Gasteiger charge is -2.37. The third-order valence-corrected chi connectivity index (χ3v) is 8.25. The third-order valence-electron chi connectivity index (χ3n) is 4.61. The second-order valence-corrected chi connectivity index (χ2v) is 10.2. The molecule has 0 aliphatic carbocycles. The molecule has 0 fully saturated rings. The van der Waals surface area contributed by atoms with Crippen LogP contribution in [-0.2, 0) is 6.42 Å². The van der Waals surface area contributed by atoms with Crippen LogP contribution in [0.25, 0.3) is 0 Å². The van der Waals surface area contributed by atoms with Crippen molar-refractivity contribution in [2.45, 2.75) is 30.1 Å². The highest BCUT2D eigenvalue weighted by molar-refractivity contribution is 8.33. The highest BCUT2D eigenvalue weighted by Crippen LogP contribution is 2.59. The van der Waals surface area contributed by atoms with Gasteiger partial charge in [0.25, 0.3) is 0 Å². The van der Waals surface area contributed by atoms with Crippen LogP contribution in [0, 0.1) is 13.8 Å². The van der Waals surface area contributed by atoms with Crippen molar-refractivity contribution in [3.05, 3.63) is 95.6 Å². The van der Waals surface area contributed by atoms with E-state index in [1.807, 2.05) is 0 Å². The summed E-state index contributed by atoms with van der Waals surface area (Å²) in [5.74, 6) is 1.18. The predicted octanol–water partition coefficient (Wildman–Crippen LogP) is 6.40. The van der Waals surface area contributed by atoms with Gasteiger partial charge in [-0.05, 0) is 71.9 Å². The van der Waals surface area contributed by atoms with Gasteiger partial charge >= 0.3 is 0 Å². The first kappa shape index (κ1) is 16.9. The van der Waals surface area contributed by atoms with Crippen molar-refractivity contribution < 1.29 is 0 Å². The predicted molar refractivity (Wildman–Crippen MR) is 107 cm³/mol. The molecule has 0 N–H and O–H groups in total. The second kappa shape index (κ2) is 7.27. The van der Waals surface area contributed by atoms with Crippen LogP contribution in [0.3, 0.4) is 0 Å². The van der Waals surface area contributed by atoms with E-state index in [0.717, 1.165) is 6.42 Å². The molecule has 0 aromatic heterocycles. The standard InChI is InChI=1S/C23H26S/c1-19-16-20(2)18-21(17-19)14-15-24(3,22-10-6-4-7-11-22)23-12-8-5-9-13-23/h4-13,16-18H,14-15H2,1-3H3. The van der Waals surface area contributed by atoms with Gasteiger partial charge in [0.15, 0.2) is 0 Å². The largest absolute Gasteiger partial charge is 0.190 e. The molecule has 124 valence electrons. The van der Waals surface area contributed by atoms with Crippen molar-refractivity contribution in [2.75, 3.05) is 12.0 Å². The highest BCUT2D eigenvalue weighted by atomic mass is 32.3. The molecule has 0 atom stereocenters. The molecule has 0 bridgehead atoms. The quantitative estimate of drug-likeness (QED) is 0.506. The van der Waals surface area contributed by atoms with Crippen molar-refractivity contribution in [2.24, 2.45) is 0 Å². The van der Waals surface area contributed by atoms with Crippen molar-refractivity contribution in [3.63, 3.8) is 0 Å². The van der Waals surface area contributed by atoms with E-state index < -0.39 is 10.0 Å². The molecule has 0 nitrogen and oxygen atoms in total. The molecule has 24 heavy (non-hydrogen) atoms. The number of benzene rings is 3. The molecule has 0 aliphatic rings. The van der Waals surface area contributed by atoms with Gasteiger partial charge in [0.2, 0.25) is 0 Å². The van der Waals surface area contributed by atoms with Gasteiger partial charge in [0.1, 0.15) is 0 Å². The highest BCUT2D eigenvalue weighted by Gasteiger charge is 2.22. The van der Waals surface area contributed by atoms with Crippen molar-refractivity contribution in [1.29, 1.82) is 0 Å². The first-order chi connectivity index (χ1) is 11.6. The molecule has 0 heterocycles. The minimum absolute atomic E-state index is 1.02. The lowest BCUT2D eigenvalue weighted by molar-refractivity contribution is 1.11. The van der Waals surface area contributed by atoms with Gasteiger partial charge in [0.05, 0.1) is 0 Å². The number of rotatable bonds is 5. The van der Waals surface area contributed by atoms with E-state index in [1.165, 1.54) is 32.2 Å². The Kier molecular flexibility index (Phi) is 5.11. The van der Waals surface area contributed by atoms with Gasteiger partial charge in [-0.25, -0.2) is 0 Å². The van der Waals surface area contributed by atoms with Gasteiger partial charge in [0, 0.05) is 0 Å². The monoisotopic (exact) mass is 334 g/mol. The van der Waals surface area contributed by atoms with Crippen LogP contribution in [0.4, 0.5) is 0 Å². The summed E-state index contributed by atoms with van der Waals surface area (Å²) in [6, 6.07) is 29.0. The summed E-state index contributed by atoms with van der Waals surface area (Å²) in [6.45, 7) is 4.38. The molecular weight excluding hydrogens is 308 g/mol. The molecule has 1 heteroatoms. The van der Waals surface area contributed by atoms with Crippen LogP contribution in [0.15, 0.2) is 88.7 Å². The van der Waals surface area contributed by atoms with E-state index in [4.69, 9.17) is 0 Å². The fourth-order valence-corrected chi connectivity index (χ4v) is 6.25. The summed E-state index contributed by atoms with van der Waals surface area (Å²) in [4.78, 5) is 2.95. The minimum Gasteiger partial charge on any atom is -0.190 e. The first-order valence-electron chi connectivity index (χ1n) is 8.51. The van der Waals surface area contributed by atoms with E-state index in [1.54, 1.807) is 0 Å². The molecule has 0 amide bonds. The summed E-state index contributed by atoms with van der Waals surface area (Å²) in [7, 11) is -1.02. The Balaban J connectivity index is 1.94. The van der Waals surface area contributed by atoms with Crippen molar-refractivity contribution in [3.8, 4) is 0 Å². The SMILES string of the molecule is Cc1cc(C)cc(CCS(C)(c2ccccc2)c2ccccc2)c1.